The Hall–Kier alpha value is -1.80. The van der Waals surface area contributed by atoms with E-state index in [1.807, 2.05) is 43.3 Å². The van der Waals surface area contributed by atoms with Crippen molar-refractivity contribution in [3.05, 3.63) is 65.2 Å². The Kier molecular flexibility index (Phi) is 4.58. The Morgan fingerprint density at radius 2 is 1.84 bits per heavy atom. The van der Waals surface area contributed by atoms with Crippen LogP contribution in [0.1, 0.15) is 29.7 Å². The van der Waals surface area contributed by atoms with E-state index in [0.717, 1.165) is 23.3 Å². The highest BCUT2D eigenvalue weighted by Gasteiger charge is 2.09. The highest BCUT2D eigenvalue weighted by molar-refractivity contribution is 5.38. The molecule has 0 bridgehead atoms. The fraction of sp³-hybridized carbons (Fsp3) is 0.294. The summed E-state index contributed by atoms with van der Waals surface area (Å²) in [6.07, 6.45) is 0.361. The fourth-order valence-corrected chi connectivity index (χ4v) is 2.05. The summed E-state index contributed by atoms with van der Waals surface area (Å²) in [5.41, 5.74) is 3.24. The average molecular weight is 256 g/mol. The van der Waals surface area contributed by atoms with Gasteiger partial charge in [0.25, 0.3) is 0 Å². The van der Waals surface area contributed by atoms with E-state index < -0.39 is 6.10 Å². The lowest BCUT2D eigenvalue weighted by Gasteiger charge is -2.14. The van der Waals surface area contributed by atoms with E-state index in [-0.39, 0.29) is 0 Å². The summed E-state index contributed by atoms with van der Waals surface area (Å²) in [4.78, 5) is 0. The minimum atomic E-state index is -0.508. The molecule has 1 atom stereocenters. The van der Waals surface area contributed by atoms with Gasteiger partial charge in [0.2, 0.25) is 0 Å². The smallest absolute Gasteiger partial charge is 0.125 e. The van der Waals surface area contributed by atoms with E-state index in [0.29, 0.717) is 6.61 Å². The van der Waals surface area contributed by atoms with Gasteiger partial charge in [-0.1, -0.05) is 42.0 Å². The lowest BCUT2D eigenvalue weighted by Crippen LogP contribution is -2.05. The molecule has 100 valence electrons. The zero-order valence-corrected chi connectivity index (χ0v) is 11.5. The van der Waals surface area contributed by atoms with Crippen LogP contribution in [0, 0.1) is 6.92 Å². The van der Waals surface area contributed by atoms with E-state index in [4.69, 9.17) is 4.74 Å². The number of aliphatic hydroxyl groups excluding tert-OH is 1. The third-order valence-electron chi connectivity index (χ3n) is 3.11. The number of rotatable bonds is 5. The number of hydrogen-bond donors (Lipinski definition) is 1. The highest BCUT2D eigenvalue weighted by atomic mass is 16.5. The second-order valence-electron chi connectivity index (χ2n) is 4.80. The lowest BCUT2D eigenvalue weighted by atomic mass is 10.1. The molecule has 0 saturated heterocycles. The molecule has 0 amide bonds. The molecule has 0 spiro atoms. The minimum Gasteiger partial charge on any atom is -0.493 e. The first kappa shape index (κ1) is 13.6. The third-order valence-corrected chi connectivity index (χ3v) is 3.11. The monoisotopic (exact) mass is 256 g/mol. The first-order valence-electron chi connectivity index (χ1n) is 6.62. The fourth-order valence-electron chi connectivity index (χ4n) is 2.05. The van der Waals surface area contributed by atoms with Gasteiger partial charge in [0.15, 0.2) is 0 Å². The number of ether oxygens (including phenoxy) is 1. The Morgan fingerprint density at radius 1 is 1.11 bits per heavy atom. The number of benzene rings is 2. The molecule has 2 rings (SSSR count). The van der Waals surface area contributed by atoms with Crippen molar-refractivity contribution in [2.24, 2.45) is 0 Å². The van der Waals surface area contributed by atoms with Crippen molar-refractivity contribution in [2.45, 2.75) is 26.4 Å². The molecule has 0 fully saturated rings. The molecule has 0 aliphatic rings. The van der Waals surface area contributed by atoms with Gasteiger partial charge in [-0.05, 0) is 31.5 Å². The predicted molar refractivity (Wildman–Crippen MR) is 77.5 cm³/mol. The maximum atomic E-state index is 9.77. The lowest BCUT2D eigenvalue weighted by molar-refractivity contribution is 0.191. The van der Waals surface area contributed by atoms with Crippen LogP contribution in [0.3, 0.4) is 0 Å². The van der Waals surface area contributed by atoms with E-state index in [2.05, 4.69) is 12.1 Å². The Labute approximate surface area is 114 Å². The van der Waals surface area contributed by atoms with Crippen LogP contribution in [-0.4, -0.2) is 11.7 Å². The van der Waals surface area contributed by atoms with Gasteiger partial charge < -0.3 is 9.84 Å². The van der Waals surface area contributed by atoms with Crippen LogP contribution in [0.15, 0.2) is 48.5 Å². The van der Waals surface area contributed by atoms with E-state index in [9.17, 15) is 5.11 Å². The maximum absolute atomic E-state index is 9.77. The van der Waals surface area contributed by atoms with Crippen molar-refractivity contribution in [3.63, 3.8) is 0 Å². The summed E-state index contributed by atoms with van der Waals surface area (Å²) in [5, 5.41) is 9.77. The number of aryl methyl sites for hydroxylation is 1. The largest absolute Gasteiger partial charge is 0.493 e. The summed E-state index contributed by atoms with van der Waals surface area (Å²) in [5.74, 6) is 0.775. The van der Waals surface area contributed by atoms with E-state index >= 15 is 0 Å². The second-order valence-corrected chi connectivity index (χ2v) is 4.80. The average Bonchev–Trinajstić information content (AvgIpc) is 2.41. The molecule has 0 heterocycles. The maximum Gasteiger partial charge on any atom is 0.125 e. The zero-order valence-electron chi connectivity index (χ0n) is 11.5. The SMILES string of the molecule is Cc1ccc(OCCc2ccccc2)c(C(C)O)c1. The Bertz CT molecular complexity index is 518. The molecule has 2 nitrogen and oxygen atoms in total. The summed E-state index contributed by atoms with van der Waals surface area (Å²) in [7, 11) is 0. The van der Waals surface area contributed by atoms with Gasteiger partial charge >= 0.3 is 0 Å². The van der Waals surface area contributed by atoms with Crippen molar-refractivity contribution in [1.29, 1.82) is 0 Å². The van der Waals surface area contributed by atoms with Crippen LogP contribution in [0.2, 0.25) is 0 Å². The predicted octanol–water partition coefficient (Wildman–Crippen LogP) is 3.67. The van der Waals surface area contributed by atoms with Gasteiger partial charge in [-0.2, -0.15) is 0 Å². The van der Waals surface area contributed by atoms with Crippen LogP contribution >= 0.6 is 0 Å². The molecule has 19 heavy (non-hydrogen) atoms. The van der Waals surface area contributed by atoms with Gasteiger partial charge in [-0.25, -0.2) is 0 Å². The number of aliphatic hydroxyl groups is 1. The zero-order chi connectivity index (χ0) is 13.7. The molecular weight excluding hydrogens is 236 g/mol. The summed E-state index contributed by atoms with van der Waals surface area (Å²) >= 11 is 0. The number of hydrogen-bond acceptors (Lipinski definition) is 2. The molecule has 0 radical (unpaired) electrons. The first-order chi connectivity index (χ1) is 9.16. The van der Waals surface area contributed by atoms with Crippen molar-refractivity contribution in [3.8, 4) is 5.75 Å². The molecule has 0 aliphatic carbocycles. The molecule has 0 aromatic heterocycles. The van der Waals surface area contributed by atoms with Gasteiger partial charge in [0.1, 0.15) is 5.75 Å². The normalized spacial score (nSPS) is 12.2. The van der Waals surface area contributed by atoms with Gasteiger partial charge in [-0.3, -0.25) is 0 Å². The molecular formula is C17H20O2. The quantitative estimate of drug-likeness (QED) is 0.884. The molecule has 0 aliphatic heterocycles. The molecule has 1 unspecified atom stereocenters. The molecule has 0 saturated carbocycles. The van der Waals surface area contributed by atoms with Gasteiger partial charge in [-0.15, -0.1) is 0 Å². The second kappa shape index (κ2) is 6.39. The standard InChI is InChI=1S/C17H20O2/c1-13-8-9-17(16(12-13)14(2)18)19-11-10-15-6-4-3-5-7-15/h3-9,12,14,18H,10-11H2,1-2H3. The minimum absolute atomic E-state index is 0.508. The highest BCUT2D eigenvalue weighted by Crippen LogP contribution is 2.26. The van der Waals surface area contributed by atoms with Crippen LogP contribution in [0.25, 0.3) is 0 Å². The molecule has 2 aromatic rings. The molecule has 2 heteroatoms. The van der Waals surface area contributed by atoms with Crippen LogP contribution < -0.4 is 4.74 Å². The van der Waals surface area contributed by atoms with Crippen LogP contribution in [0.4, 0.5) is 0 Å². The summed E-state index contributed by atoms with van der Waals surface area (Å²) in [6, 6.07) is 16.2. The van der Waals surface area contributed by atoms with Gasteiger partial charge in [0, 0.05) is 12.0 Å². The van der Waals surface area contributed by atoms with Gasteiger partial charge in [0.05, 0.1) is 12.7 Å². The first-order valence-corrected chi connectivity index (χ1v) is 6.62. The van der Waals surface area contributed by atoms with E-state index in [1.165, 1.54) is 5.56 Å². The molecule has 1 N–H and O–H groups in total. The Balaban J connectivity index is 2.00. The van der Waals surface area contributed by atoms with E-state index in [1.54, 1.807) is 6.92 Å². The van der Waals surface area contributed by atoms with Crippen LogP contribution in [-0.2, 0) is 6.42 Å². The third kappa shape index (κ3) is 3.83. The summed E-state index contributed by atoms with van der Waals surface area (Å²) in [6.45, 7) is 4.39. The Morgan fingerprint density at radius 3 is 2.53 bits per heavy atom. The van der Waals surface area contributed by atoms with Crippen molar-refractivity contribution < 1.29 is 9.84 Å². The van der Waals surface area contributed by atoms with Crippen LogP contribution in [0.5, 0.6) is 5.75 Å². The van der Waals surface area contributed by atoms with Crippen molar-refractivity contribution in [1.82, 2.24) is 0 Å². The van der Waals surface area contributed by atoms with Crippen molar-refractivity contribution >= 4 is 0 Å². The molecule has 2 aromatic carbocycles. The summed E-state index contributed by atoms with van der Waals surface area (Å²) < 4.78 is 5.80. The van der Waals surface area contributed by atoms with Crippen molar-refractivity contribution in [2.75, 3.05) is 6.61 Å². The topological polar surface area (TPSA) is 29.5 Å².